The van der Waals surface area contributed by atoms with E-state index >= 15 is 0 Å². The van der Waals surface area contributed by atoms with Crippen molar-refractivity contribution in [1.82, 2.24) is 0 Å². The molecule has 0 aliphatic heterocycles. The van der Waals surface area contributed by atoms with Crippen molar-refractivity contribution in [1.29, 1.82) is 0 Å². The number of hydrogen-bond donors (Lipinski definition) is 0. The molecule has 54 heavy (non-hydrogen) atoms. The fourth-order valence-electron chi connectivity index (χ4n) is 9.98. The van der Waals surface area contributed by atoms with E-state index in [4.69, 9.17) is 0 Å². The van der Waals surface area contributed by atoms with Crippen LogP contribution in [0.4, 0.5) is 0 Å². The van der Waals surface area contributed by atoms with Gasteiger partial charge >= 0.3 is 0 Å². The summed E-state index contributed by atoms with van der Waals surface area (Å²) in [5, 5.41) is 15.8. The average Bonchev–Trinajstić information content (AvgIpc) is 3.71. The van der Waals surface area contributed by atoms with Crippen LogP contribution in [0.25, 0.3) is 107 Å². The Morgan fingerprint density at radius 1 is 0.333 bits per heavy atom. The van der Waals surface area contributed by atoms with Gasteiger partial charge in [0.25, 0.3) is 0 Å². The lowest BCUT2D eigenvalue weighted by Crippen LogP contribution is -2.14. The van der Waals surface area contributed by atoms with Crippen molar-refractivity contribution in [2.75, 3.05) is 0 Å². The Morgan fingerprint density at radius 3 is 1.44 bits per heavy atom. The van der Waals surface area contributed by atoms with Crippen LogP contribution in [0.1, 0.15) is 25.0 Å². The molecule has 252 valence electrons. The van der Waals surface area contributed by atoms with Crippen molar-refractivity contribution in [2.24, 2.45) is 0 Å². The smallest absolute Gasteiger partial charge is 0.0434 e. The molecule has 0 spiro atoms. The zero-order valence-corrected chi connectivity index (χ0v) is 30.9. The summed E-state index contributed by atoms with van der Waals surface area (Å²) in [4.78, 5) is 0. The molecule has 1 aliphatic rings. The van der Waals surface area contributed by atoms with Gasteiger partial charge in [-0.2, -0.15) is 0 Å². The van der Waals surface area contributed by atoms with Gasteiger partial charge in [0.15, 0.2) is 0 Å². The molecule has 1 aromatic heterocycles. The van der Waals surface area contributed by atoms with Gasteiger partial charge in [-0.05, 0) is 117 Å². The highest BCUT2D eigenvalue weighted by Gasteiger charge is 2.36. The third-order valence-electron chi connectivity index (χ3n) is 12.4. The lowest BCUT2D eigenvalue weighted by atomic mass is 9.80. The lowest BCUT2D eigenvalue weighted by molar-refractivity contribution is 0.661. The van der Waals surface area contributed by atoms with Gasteiger partial charge in [0.1, 0.15) is 0 Å². The fourth-order valence-corrected chi connectivity index (χ4v) is 11.2. The SMILES string of the molecule is CC1(C)c2ccc(-c3c4ccccc4c(-c4cccc5c4sc4ccccc45)c4ccccc34)cc2-c2cc3c4ccccc4c4ccccc4c3cc21. The molecule has 1 heterocycles. The molecule has 12 rings (SSSR count). The van der Waals surface area contributed by atoms with Gasteiger partial charge < -0.3 is 0 Å². The van der Waals surface area contributed by atoms with Crippen LogP contribution in [-0.2, 0) is 5.41 Å². The van der Waals surface area contributed by atoms with Gasteiger partial charge in [0, 0.05) is 31.2 Å². The zero-order valence-electron chi connectivity index (χ0n) is 30.1. The quantitative estimate of drug-likeness (QED) is 0.124. The van der Waals surface area contributed by atoms with Crippen molar-refractivity contribution in [3.8, 4) is 33.4 Å². The molecule has 0 saturated heterocycles. The molecule has 1 aliphatic carbocycles. The van der Waals surface area contributed by atoms with Crippen molar-refractivity contribution in [3.05, 3.63) is 181 Å². The van der Waals surface area contributed by atoms with E-state index in [1.807, 2.05) is 11.3 Å². The van der Waals surface area contributed by atoms with Gasteiger partial charge in [0.05, 0.1) is 0 Å². The van der Waals surface area contributed by atoms with Gasteiger partial charge in [-0.25, -0.2) is 0 Å². The van der Waals surface area contributed by atoms with Crippen LogP contribution in [0.3, 0.4) is 0 Å². The van der Waals surface area contributed by atoms with E-state index in [2.05, 4.69) is 184 Å². The number of thiophene rings is 1. The molecular weight excluding hydrogens is 669 g/mol. The Hall–Kier alpha value is -6.28. The molecule has 0 atom stereocenters. The summed E-state index contributed by atoms with van der Waals surface area (Å²) in [6.07, 6.45) is 0. The summed E-state index contributed by atoms with van der Waals surface area (Å²) in [6.45, 7) is 4.81. The first-order chi connectivity index (χ1) is 26.6. The molecule has 11 aromatic rings. The van der Waals surface area contributed by atoms with Crippen molar-refractivity contribution in [3.63, 3.8) is 0 Å². The minimum absolute atomic E-state index is 0.124. The maximum atomic E-state index is 2.51. The molecule has 0 unspecified atom stereocenters. The van der Waals surface area contributed by atoms with E-state index in [1.54, 1.807) is 0 Å². The standard InChI is InChI=1S/C53H34S/c1-53(2)47-27-26-31(28-45(47)46-29-43-34-16-5-3-14-32(34)33-15-4-6-17-35(33)44(43)30-48(46)53)50-37-19-7-9-21-39(37)51(40-22-10-8-20-38(40)50)42-24-13-23-41-36-18-11-12-25-49(36)54-52(41)42/h3-30H,1-2H3. The minimum Gasteiger partial charge on any atom is -0.135 e. The van der Waals surface area contributed by atoms with E-state index in [9.17, 15) is 0 Å². The Bertz CT molecular complexity index is 3350. The molecule has 0 amide bonds. The Labute approximate surface area is 317 Å². The highest BCUT2D eigenvalue weighted by atomic mass is 32.1. The third-order valence-corrected chi connectivity index (χ3v) is 13.7. The lowest BCUT2D eigenvalue weighted by Gasteiger charge is -2.23. The van der Waals surface area contributed by atoms with Crippen LogP contribution < -0.4 is 0 Å². The summed E-state index contributed by atoms with van der Waals surface area (Å²) in [5.41, 5.74) is 10.6. The van der Waals surface area contributed by atoms with Crippen LogP contribution in [0.2, 0.25) is 0 Å². The average molecular weight is 703 g/mol. The molecule has 0 saturated carbocycles. The van der Waals surface area contributed by atoms with Gasteiger partial charge in [0.2, 0.25) is 0 Å². The summed E-state index contributed by atoms with van der Waals surface area (Å²) < 4.78 is 2.69. The Balaban J connectivity index is 1.14. The van der Waals surface area contributed by atoms with Gasteiger partial charge in [-0.3, -0.25) is 0 Å². The molecule has 0 fully saturated rings. The van der Waals surface area contributed by atoms with E-state index < -0.39 is 0 Å². The second-order valence-electron chi connectivity index (χ2n) is 15.5. The second kappa shape index (κ2) is 10.9. The van der Waals surface area contributed by atoms with Crippen LogP contribution in [0, 0.1) is 0 Å². The highest BCUT2D eigenvalue weighted by molar-refractivity contribution is 7.26. The van der Waals surface area contributed by atoms with E-state index in [0.29, 0.717) is 0 Å². The topological polar surface area (TPSA) is 0 Å². The number of benzene rings is 10. The van der Waals surface area contributed by atoms with Crippen LogP contribution >= 0.6 is 11.3 Å². The highest BCUT2D eigenvalue weighted by Crippen LogP contribution is 2.54. The van der Waals surface area contributed by atoms with E-state index in [-0.39, 0.29) is 5.41 Å². The minimum atomic E-state index is -0.124. The monoisotopic (exact) mass is 702 g/mol. The predicted molar refractivity (Wildman–Crippen MR) is 235 cm³/mol. The Morgan fingerprint density at radius 2 is 0.815 bits per heavy atom. The Kier molecular flexibility index (Phi) is 6.09. The largest absolute Gasteiger partial charge is 0.135 e. The number of rotatable bonds is 2. The first-order valence-corrected chi connectivity index (χ1v) is 19.7. The molecule has 0 nitrogen and oxygen atoms in total. The normalized spacial score (nSPS) is 13.5. The predicted octanol–water partition coefficient (Wildman–Crippen LogP) is 15.5. The number of hydrogen-bond acceptors (Lipinski definition) is 1. The van der Waals surface area contributed by atoms with E-state index in [1.165, 1.54) is 119 Å². The third kappa shape index (κ3) is 3.97. The maximum absolute atomic E-state index is 2.51. The summed E-state index contributed by atoms with van der Waals surface area (Å²) in [7, 11) is 0. The number of fused-ring (bicyclic) bond motifs is 14. The molecular formula is C53H34S. The van der Waals surface area contributed by atoms with Gasteiger partial charge in [-0.15, -0.1) is 11.3 Å². The second-order valence-corrected chi connectivity index (χ2v) is 16.6. The molecule has 0 bridgehead atoms. The van der Waals surface area contributed by atoms with Crippen molar-refractivity contribution < 1.29 is 0 Å². The molecule has 0 N–H and O–H groups in total. The summed E-state index contributed by atoms with van der Waals surface area (Å²) in [6, 6.07) is 64.0. The van der Waals surface area contributed by atoms with Gasteiger partial charge in [-0.1, -0.05) is 159 Å². The fraction of sp³-hybridized carbons (Fsp3) is 0.0566. The molecule has 10 aromatic carbocycles. The first kappa shape index (κ1) is 30.2. The zero-order chi connectivity index (χ0) is 35.7. The van der Waals surface area contributed by atoms with Crippen molar-refractivity contribution >= 4 is 85.4 Å². The summed E-state index contributed by atoms with van der Waals surface area (Å²) >= 11 is 1.91. The summed E-state index contributed by atoms with van der Waals surface area (Å²) in [5.74, 6) is 0. The van der Waals surface area contributed by atoms with Crippen LogP contribution in [-0.4, -0.2) is 0 Å². The molecule has 0 radical (unpaired) electrons. The van der Waals surface area contributed by atoms with Crippen LogP contribution in [0.15, 0.2) is 170 Å². The maximum Gasteiger partial charge on any atom is 0.0434 e. The molecule has 1 heteroatoms. The van der Waals surface area contributed by atoms with Crippen LogP contribution in [0.5, 0.6) is 0 Å². The van der Waals surface area contributed by atoms with Crippen molar-refractivity contribution in [2.45, 2.75) is 19.3 Å². The first-order valence-electron chi connectivity index (χ1n) is 18.9. The van der Waals surface area contributed by atoms with E-state index in [0.717, 1.165) is 0 Å².